The first-order chi connectivity index (χ1) is 7.22. The monoisotopic (exact) mass is 209 g/mol. The van der Waals surface area contributed by atoms with Gasteiger partial charge >= 0.3 is 5.97 Å². The maximum atomic E-state index is 11.4. The second kappa shape index (κ2) is 5.36. The highest BCUT2D eigenvalue weighted by Gasteiger charge is 2.19. The number of carbonyl (C=O) groups is 1. The van der Waals surface area contributed by atoms with E-state index in [4.69, 9.17) is 10.5 Å². The molecule has 1 aromatic rings. The molecule has 0 aliphatic carbocycles. The predicted octanol–water partition coefficient (Wildman–Crippen LogP) is 0.910. The Kier molecular flexibility index (Phi) is 4.12. The van der Waals surface area contributed by atoms with E-state index in [2.05, 4.69) is 4.74 Å². The van der Waals surface area contributed by atoms with E-state index in [1.54, 1.807) is 19.2 Å². The summed E-state index contributed by atoms with van der Waals surface area (Å²) in [6.07, 6.45) is 0. The number of carbonyl (C=O) groups excluding carboxylic acids is 1. The minimum atomic E-state index is -0.402. The van der Waals surface area contributed by atoms with E-state index in [0.717, 1.165) is 11.3 Å². The Labute approximate surface area is 89.0 Å². The zero-order valence-electron chi connectivity index (χ0n) is 8.90. The average Bonchev–Trinajstić information content (AvgIpc) is 2.30. The van der Waals surface area contributed by atoms with Gasteiger partial charge in [-0.1, -0.05) is 12.1 Å². The lowest BCUT2D eigenvalue weighted by molar-refractivity contribution is -0.142. The standard InChI is InChI=1S/C11H15NO3/c1-14-9-5-3-8(4-6-9)10(7-12)11(13)15-2/h3-6,10H,7,12H2,1-2H3. The molecule has 0 bridgehead atoms. The molecule has 0 spiro atoms. The van der Waals surface area contributed by atoms with Crippen LogP contribution >= 0.6 is 0 Å². The van der Waals surface area contributed by atoms with Gasteiger partial charge in [-0.05, 0) is 17.7 Å². The molecular weight excluding hydrogens is 194 g/mol. The van der Waals surface area contributed by atoms with E-state index in [1.807, 2.05) is 12.1 Å². The molecule has 82 valence electrons. The van der Waals surface area contributed by atoms with Gasteiger partial charge in [0.2, 0.25) is 0 Å². The number of esters is 1. The van der Waals surface area contributed by atoms with Crippen LogP contribution < -0.4 is 10.5 Å². The lowest BCUT2D eigenvalue weighted by Gasteiger charge is -2.12. The normalized spacial score (nSPS) is 11.9. The Morgan fingerprint density at radius 1 is 1.33 bits per heavy atom. The number of ether oxygens (including phenoxy) is 2. The molecule has 1 rings (SSSR count). The quantitative estimate of drug-likeness (QED) is 0.749. The topological polar surface area (TPSA) is 61.5 Å². The van der Waals surface area contributed by atoms with Gasteiger partial charge in [0.25, 0.3) is 0 Å². The first kappa shape index (κ1) is 11.5. The first-order valence-corrected chi connectivity index (χ1v) is 4.64. The lowest BCUT2D eigenvalue weighted by atomic mass is 9.99. The number of hydrogen-bond donors (Lipinski definition) is 1. The minimum Gasteiger partial charge on any atom is -0.497 e. The summed E-state index contributed by atoms with van der Waals surface area (Å²) in [6, 6.07) is 7.21. The summed E-state index contributed by atoms with van der Waals surface area (Å²) in [4.78, 5) is 11.4. The summed E-state index contributed by atoms with van der Waals surface area (Å²) in [5.74, 6) is 0.0305. The van der Waals surface area contributed by atoms with Crippen LogP contribution in [0.25, 0.3) is 0 Å². The van der Waals surface area contributed by atoms with Crippen LogP contribution in [-0.4, -0.2) is 26.7 Å². The van der Waals surface area contributed by atoms with Gasteiger partial charge in [0, 0.05) is 6.54 Å². The summed E-state index contributed by atoms with van der Waals surface area (Å²) < 4.78 is 9.69. The fourth-order valence-corrected chi connectivity index (χ4v) is 1.35. The fourth-order valence-electron chi connectivity index (χ4n) is 1.35. The third-order valence-corrected chi connectivity index (χ3v) is 2.24. The van der Waals surface area contributed by atoms with Gasteiger partial charge < -0.3 is 15.2 Å². The Morgan fingerprint density at radius 2 is 1.93 bits per heavy atom. The molecule has 1 unspecified atom stereocenters. The van der Waals surface area contributed by atoms with Crippen molar-refractivity contribution < 1.29 is 14.3 Å². The van der Waals surface area contributed by atoms with Crippen LogP contribution in [0.4, 0.5) is 0 Å². The largest absolute Gasteiger partial charge is 0.497 e. The molecule has 2 N–H and O–H groups in total. The molecular formula is C11H15NO3. The molecule has 0 amide bonds. The van der Waals surface area contributed by atoms with Crippen molar-refractivity contribution in [3.63, 3.8) is 0 Å². The van der Waals surface area contributed by atoms with Crippen LogP contribution in [0, 0.1) is 0 Å². The van der Waals surface area contributed by atoms with Crippen molar-refractivity contribution in [1.29, 1.82) is 0 Å². The van der Waals surface area contributed by atoms with Crippen LogP contribution in [0.3, 0.4) is 0 Å². The number of nitrogens with two attached hydrogens (primary N) is 1. The van der Waals surface area contributed by atoms with Crippen molar-refractivity contribution in [2.75, 3.05) is 20.8 Å². The average molecular weight is 209 g/mol. The molecule has 0 saturated heterocycles. The summed E-state index contributed by atoms with van der Waals surface area (Å²) in [5, 5.41) is 0. The van der Waals surface area contributed by atoms with E-state index in [9.17, 15) is 4.79 Å². The van der Waals surface area contributed by atoms with E-state index in [1.165, 1.54) is 7.11 Å². The third-order valence-electron chi connectivity index (χ3n) is 2.24. The van der Waals surface area contributed by atoms with E-state index in [-0.39, 0.29) is 12.5 Å². The van der Waals surface area contributed by atoms with Gasteiger partial charge in [-0.25, -0.2) is 0 Å². The van der Waals surface area contributed by atoms with Gasteiger partial charge in [-0.3, -0.25) is 4.79 Å². The Bertz CT molecular complexity index is 321. The molecule has 0 aliphatic rings. The summed E-state index contributed by atoms with van der Waals surface area (Å²) in [7, 11) is 2.95. The van der Waals surface area contributed by atoms with Gasteiger partial charge in [-0.2, -0.15) is 0 Å². The van der Waals surface area contributed by atoms with E-state index in [0.29, 0.717) is 0 Å². The molecule has 0 aliphatic heterocycles. The van der Waals surface area contributed by atoms with E-state index < -0.39 is 5.92 Å². The second-order valence-electron chi connectivity index (χ2n) is 3.08. The first-order valence-electron chi connectivity index (χ1n) is 4.64. The van der Waals surface area contributed by atoms with Gasteiger partial charge in [-0.15, -0.1) is 0 Å². The summed E-state index contributed by atoms with van der Waals surface area (Å²) in [5.41, 5.74) is 6.36. The number of hydrogen-bond acceptors (Lipinski definition) is 4. The Balaban J connectivity index is 2.87. The minimum absolute atomic E-state index is 0.235. The molecule has 0 fully saturated rings. The van der Waals surface area contributed by atoms with Crippen LogP contribution in [-0.2, 0) is 9.53 Å². The van der Waals surface area contributed by atoms with Crippen LogP contribution in [0.15, 0.2) is 24.3 Å². The lowest BCUT2D eigenvalue weighted by Crippen LogP contribution is -2.22. The summed E-state index contributed by atoms with van der Waals surface area (Å²) >= 11 is 0. The zero-order valence-corrected chi connectivity index (χ0v) is 8.90. The zero-order chi connectivity index (χ0) is 11.3. The van der Waals surface area contributed by atoms with Crippen molar-refractivity contribution in [2.45, 2.75) is 5.92 Å². The van der Waals surface area contributed by atoms with Crippen molar-refractivity contribution in [2.24, 2.45) is 5.73 Å². The van der Waals surface area contributed by atoms with Crippen LogP contribution in [0.2, 0.25) is 0 Å². The van der Waals surface area contributed by atoms with Crippen LogP contribution in [0.1, 0.15) is 11.5 Å². The molecule has 0 saturated carbocycles. The van der Waals surface area contributed by atoms with Crippen LogP contribution in [0.5, 0.6) is 5.75 Å². The molecule has 4 heteroatoms. The number of benzene rings is 1. The Morgan fingerprint density at radius 3 is 2.33 bits per heavy atom. The van der Waals surface area contributed by atoms with Crippen molar-refractivity contribution in [3.8, 4) is 5.75 Å². The maximum absolute atomic E-state index is 11.4. The van der Waals surface area contributed by atoms with Crippen molar-refractivity contribution in [1.82, 2.24) is 0 Å². The SMILES string of the molecule is COC(=O)C(CN)c1ccc(OC)cc1. The van der Waals surface area contributed by atoms with Gasteiger partial charge in [0.15, 0.2) is 0 Å². The highest BCUT2D eigenvalue weighted by Crippen LogP contribution is 2.19. The van der Waals surface area contributed by atoms with E-state index >= 15 is 0 Å². The molecule has 1 aromatic carbocycles. The molecule has 0 radical (unpaired) electrons. The smallest absolute Gasteiger partial charge is 0.314 e. The van der Waals surface area contributed by atoms with Crippen molar-refractivity contribution in [3.05, 3.63) is 29.8 Å². The molecule has 0 aromatic heterocycles. The predicted molar refractivity (Wildman–Crippen MR) is 56.8 cm³/mol. The highest BCUT2D eigenvalue weighted by molar-refractivity contribution is 5.78. The van der Waals surface area contributed by atoms with Gasteiger partial charge in [0.1, 0.15) is 5.75 Å². The Hall–Kier alpha value is -1.55. The fraction of sp³-hybridized carbons (Fsp3) is 0.364. The van der Waals surface area contributed by atoms with Crippen molar-refractivity contribution >= 4 is 5.97 Å². The second-order valence-corrected chi connectivity index (χ2v) is 3.08. The summed E-state index contributed by atoms with van der Waals surface area (Å²) in [6.45, 7) is 0.235. The highest BCUT2D eigenvalue weighted by atomic mass is 16.5. The maximum Gasteiger partial charge on any atom is 0.314 e. The molecule has 4 nitrogen and oxygen atoms in total. The third kappa shape index (κ3) is 2.70. The molecule has 15 heavy (non-hydrogen) atoms. The number of methoxy groups -OCH3 is 2. The van der Waals surface area contributed by atoms with Gasteiger partial charge in [0.05, 0.1) is 20.1 Å². The molecule has 1 atom stereocenters. The number of rotatable bonds is 4. The molecule has 0 heterocycles.